The van der Waals surface area contributed by atoms with Crippen LogP contribution in [0.5, 0.6) is 0 Å². The van der Waals surface area contributed by atoms with Crippen molar-refractivity contribution in [3.8, 4) is 0 Å². The molecule has 1 heterocycles. The lowest BCUT2D eigenvalue weighted by atomic mass is 9.95. The zero-order valence-corrected chi connectivity index (χ0v) is 17.4. The van der Waals surface area contributed by atoms with Crippen molar-refractivity contribution >= 4 is 45.0 Å². The first-order valence-electron chi connectivity index (χ1n) is 8.69. The summed E-state index contributed by atoms with van der Waals surface area (Å²) in [4.78, 5) is 14.9. The average molecular weight is 456 g/mol. The Morgan fingerprint density at radius 1 is 1.12 bits per heavy atom. The van der Waals surface area contributed by atoms with Crippen LogP contribution in [0.15, 0.2) is 46.9 Å². The molecule has 6 heteroatoms. The Labute approximate surface area is 172 Å². The number of rotatable bonds is 5. The Kier molecular flexibility index (Phi) is 6.98. The van der Waals surface area contributed by atoms with Gasteiger partial charge in [0.25, 0.3) is 0 Å². The molecule has 2 aromatic rings. The van der Waals surface area contributed by atoms with E-state index in [0.717, 1.165) is 42.5 Å². The first-order chi connectivity index (χ1) is 12.5. The highest BCUT2D eigenvalue weighted by molar-refractivity contribution is 9.10. The number of piperidine rings is 1. The van der Waals surface area contributed by atoms with E-state index in [-0.39, 0.29) is 11.8 Å². The van der Waals surface area contributed by atoms with Crippen molar-refractivity contribution in [2.24, 2.45) is 5.92 Å². The Bertz CT molecular complexity index is 759. The Morgan fingerprint density at radius 3 is 2.46 bits per heavy atom. The van der Waals surface area contributed by atoms with E-state index in [4.69, 9.17) is 23.2 Å². The maximum atomic E-state index is 12.4. The monoisotopic (exact) mass is 454 g/mol. The largest absolute Gasteiger partial charge is 0.352 e. The van der Waals surface area contributed by atoms with E-state index in [1.807, 2.05) is 6.07 Å². The van der Waals surface area contributed by atoms with Gasteiger partial charge in [-0.05, 0) is 61.3 Å². The highest BCUT2D eigenvalue weighted by Gasteiger charge is 2.24. The molecule has 1 aliphatic rings. The summed E-state index contributed by atoms with van der Waals surface area (Å²) in [5, 5.41) is 4.20. The van der Waals surface area contributed by atoms with Gasteiger partial charge in [-0.1, -0.05) is 57.3 Å². The maximum Gasteiger partial charge on any atom is 0.223 e. The number of likely N-dealkylation sites (tertiary alicyclic amines) is 1. The molecule has 0 aromatic heterocycles. The van der Waals surface area contributed by atoms with Crippen molar-refractivity contribution in [3.05, 3.63) is 68.1 Å². The predicted molar refractivity (Wildman–Crippen MR) is 110 cm³/mol. The lowest BCUT2D eigenvalue weighted by molar-refractivity contribution is -0.126. The van der Waals surface area contributed by atoms with Crippen LogP contribution in [0.2, 0.25) is 10.0 Å². The molecule has 2 aromatic carbocycles. The van der Waals surface area contributed by atoms with Crippen LogP contribution in [0.4, 0.5) is 0 Å². The molecule has 0 unspecified atom stereocenters. The van der Waals surface area contributed by atoms with E-state index in [2.05, 4.69) is 50.4 Å². The van der Waals surface area contributed by atoms with E-state index in [9.17, 15) is 4.79 Å². The minimum atomic E-state index is 0.0715. The van der Waals surface area contributed by atoms with Crippen molar-refractivity contribution in [1.82, 2.24) is 10.2 Å². The van der Waals surface area contributed by atoms with Crippen molar-refractivity contribution in [2.45, 2.75) is 25.9 Å². The minimum absolute atomic E-state index is 0.0715. The number of benzene rings is 2. The second-order valence-corrected chi connectivity index (χ2v) is 8.39. The Hall–Kier alpha value is -1.07. The fourth-order valence-electron chi connectivity index (χ4n) is 3.19. The van der Waals surface area contributed by atoms with E-state index in [1.54, 1.807) is 12.1 Å². The third-order valence-electron chi connectivity index (χ3n) is 4.75. The van der Waals surface area contributed by atoms with Crippen LogP contribution in [0.3, 0.4) is 0 Å². The van der Waals surface area contributed by atoms with Gasteiger partial charge >= 0.3 is 0 Å². The van der Waals surface area contributed by atoms with Gasteiger partial charge in [0.05, 0.1) is 0 Å². The number of amides is 1. The Balaban J connectivity index is 1.45. The number of carbonyl (C=O) groups excluding carboxylic acids is 1. The van der Waals surface area contributed by atoms with Crippen LogP contribution in [0.1, 0.15) is 24.0 Å². The highest BCUT2D eigenvalue weighted by atomic mass is 79.9. The first-order valence-corrected chi connectivity index (χ1v) is 10.2. The van der Waals surface area contributed by atoms with E-state index in [1.165, 1.54) is 5.56 Å². The van der Waals surface area contributed by atoms with Gasteiger partial charge < -0.3 is 5.32 Å². The molecule has 0 spiro atoms. The van der Waals surface area contributed by atoms with Crippen molar-refractivity contribution < 1.29 is 4.79 Å². The fourth-order valence-corrected chi connectivity index (χ4v) is 3.93. The van der Waals surface area contributed by atoms with Crippen molar-refractivity contribution in [2.75, 3.05) is 13.1 Å². The second kappa shape index (κ2) is 9.23. The third-order valence-corrected chi connectivity index (χ3v) is 5.86. The van der Waals surface area contributed by atoms with Gasteiger partial charge in [-0.2, -0.15) is 0 Å². The number of hydrogen-bond donors (Lipinski definition) is 1. The summed E-state index contributed by atoms with van der Waals surface area (Å²) in [5.74, 6) is 0.182. The summed E-state index contributed by atoms with van der Waals surface area (Å²) in [7, 11) is 0. The normalized spacial score (nSPS) is 15.8. The molecule has 0 saturated carbocycles. The van der Waals surface area contributed by atoms with Gasteiger partial charge in [-0.15, -0.1) is 0 Å². The molecule has 26 heavy (non-hydrogen) atoms. The molecule has 138 valence electrons. The van der Waals surface area contributed by atoms with Gasteiger partial charge in [0.1, 0.15) is 0 Å². The number of hydrogen-bond acceptors (Lipinski definition) is 2. The summed E-state index contributed by atoms with van der Waals surface area (Å²) >= 11 is 15.5. The molecular formula is C20H21BrCl2N2O. The standard InChI is InChI=1S/C20H21BrCl2N2O/c21-17-4-1-14(2-5-17)13-25-9-7-15(8-10-25)20(26)24-12-16-3-6-18(22)11-19(16)23/h1-6,11,15H,7-10,12-13H2,(H,24,26). The van der Waals surface area contributed by atoms with Crippen LogP contribution in [0, 0.1) is 5.92 Å². The third kappa shape index (κ3) is 5.46. The van der Waals surface area contributed by atoms with E-state index < -0.39 is 0 Å². The molecule has 0 aliphatic carbocycles. The fraction of sp³-hybridized carbons (Fsp3) is 0.350. The molecule has 1 aliphatic heterocycles. The van der Waals surface area contributed by atoms with Crippen LogP contribution < -0.4 is 5.32 Å². The smallest absolute Gasteiger partial charge is 0.223 e. The number of carbonyl (C=O) groups is 1. The summed E-state index contributed by atoms with van der Waals surface area (Å²) in [6.45, 7) is 3.25. The van der Waals surface area contributed by atoms with Crippen LogP contribution in [-0.4, -0.2) is 23.9 Å². The molecule has 1 amide bonds. The molecule has 1 fully saturated rings. The molecule has 3 nitrogen and oxygen atoms in total. The SMILES string of the molecule is O=C(NCc1ccc(Cl)cc1Cl)C1CCN(Cc2ccc(Br)cc2)CC1. The number of nitrogens with zero attached hydrogens (tertiary/aromatic N) is 1. The molecule has 0 atom stereocenters. The first kappa shape index (κ1) is 19.7. The maximum absolute atomic E-state index is 12.4. The average Bonchev–Trinajstić information content (AvgIpc) is 2.63. The quantitative estimate of drug-likeness (QED) is 0.664. The Morgan fingerprint density at radius 2 is 1.81 bits per heavy atom. The summed E-state index contributed by atoms with van der Waals surface area (Å²) in [6, 6.07) is 13.7. The second-order valence-electron chi connectivity index (χ2n) is 6.63. The lowest BCUT2D eigenvalue weighted by Crippen LogP contribution is -2.40. The lowest BCUT2D eigenvalue weighted by Gasteiger charge is -2.31. The molecule has 0 bridgehead atoms. The van der Waals surface area contributed by atoms with Crippen LogP contribution in [-0.2, 0) is 17.9 Å². The number of halogens is 3. The molecule has 3 rings (SSSR count). The zero-order chi connectivity index (χ0) is 18.5. The molecule has 1 N–H and O–H groups in total. The molecular weight excluding hydrogens is 435 g/mol. The van der Waals surface area contributed by atoms with Gasteiger partial charge in [0.2, 0.25) is 5.91 Å². The van der Waals surface area contributed by atoms with Crippen LogP contribution in [0.25, 0.3) is 0 Å². The summed E-state index contributed by atoms with van der Waals surface area (Å²) in [6.07, 6.45) is 1.77. The molecule has 0 radical (unpaired) electrons. The van der Waals surface area contributed by atoms with Gasteiger partial charge in [0, 0.05) is 33.5 Å². The highest BCUT2D eigenvalue weighted by Crippen LogP contribution is 2.22. The van der Waals surface area contributed by atoms with Gasteiger partial charge in [-0.3, -0.25) is 9.69 Å². The van der Waals surface area contributed by atoms with Gasteiger partial charge in [-0.25, -0.2) is 0 Å². The van der Waals surface area contributed by atoms with Crippen molar-refractivity contribution in [3.63, 3.8) is 0 Å². The summed E-state index contributed by atoms with van der Waals surface area (Å²) in [5.41, 5.74) is 2.19. The summed E-state index contributed by atoms with van der Waals surface area (Å²) < 4.78 is 1.09. The van der Waals surface area contributed by atoms with E-state index >= 15 is 0 Å². The van der Waals surface area contributed by atoms with Crippen LogP contribution >= 0.6 is 39.1 Å². The van der Waals surface area contributed by atoms with E-state index in [0.29, 0.717) is 16.6 Å². The predicted octanol–water partition coefficient (Wildman–Crippen LogP) is 5.28. The number of nitrogens with one attached hydrogen (secondary N) is 1. The van der Waals surface area contributed by atoms with Gasteiger partial charge in [0.15, 0.2) is 0 Å². The zero-order valence-electron chi connectivity index (χ0n) is 14.4. The topological polar surface area (TPSA) is 32.3 Å². The minimum Gasteiger partial charge on any atom is -0.352 e. The molecule has 1 saturated heterocycles. The van der Waals surface area contributed by atoms with Crippen molar-refractivity contribution in [1.29, 1.82) is 0 Å².